The van der Waals surface area contributed by atoms with Crippen LogP contribution in [0.1, 0.15) is 17.5 Å². The number of benzene rings is 2. The Morgan fingerprint density at radius 1 is 1.30 bits per heavy atom. The lowest BCUT2D eigenvalue weighted by atomic mass is 10.1. The summed E-state index contributed by atoms with van der Waals surface area (Å²) in [5.41, 5.74) is 2.68. The molecule has 0 spiro atoms. The van der Waals surface area contributed by atoms with Crippen LogP contribution in [0.5, 0.6) is 0 Å². The van der Waals surface area contributed by atoms with Gasteiger partial charge in [0.15, 0.2) is 5.17 Å². The van der Waals surface area contributed by atoms with Gasteiger partial charge in [-0.3, -0.25) is 24.6 Å². The number of ether oxygens (including phenoxy) is 1. The van der Waals surface area contributed by atoms with E-state index in [2.05, 4.69) is 5.32 Å². The molecule has 0 bridgehead atoms. The van der Waals surface area contributed by atoms with E-state index < -0.39 is 16.1 Å². The smallest absolute Gasteiger partial charge is 0.271 e. The predicted molar refractivity (Wildman–Crippen MR) is 129 cm³/mol. The third-order valence-corrected chi connectivity index (χ3v) is 6.43. The second kappa shape index (κ2) is 10.8. The maximum absolute atomic E-state index is 13.0. The number of nitro benzene ring substituents is 1. The van der Waals surface area contributed by atoms with Gasteiger partial charge >= 0.3 is 0 Å². The van der Waals surface area contributed by atoms with Crippen molar-refractivity contribution in [3.8, 4) is 0 Å². The zero-order valence-electron chi connectivity index (χ0n) is 18.3. The van der Waals surface area contributed by atoms with Gasteiger partial charge in [-0.05, 0) is 37.1 Å². The summed E-state index contributed by atoms with van der Waals surface area (Å²) in [6, 6.07) is 9.66. The van der Waals surface area contributed by atoms with Crippen LogP contribution in [-0.2, 0) is 14.3 Å². The number of amidine groups is 1. The molecule has 1 heterocycles. The van der Waals surface area contributed by atoms with Gasteiger partial charge in [-0.2, -0.15) is 0 Å². The molecule has 1 N–H and O–H groups in total. The van der Waals surface area contributed by atoms with Crippen molar-refractivity contribution in [2.24, 2.45) is 4.99 Å². The monoisotopic (exact) mass is 490 g/mol. The van der Waals surface area contributed by atoms with Gasteiger partial charge in [0.1, 0.15) is 5.25 Å². The number of rotatable bonds is 8. The maximum atomic E-state index is 13.0. The van der Waals surface area contributed by atoms with Crippen LogP contribution in [0.4, 0.5) is 17.1 Å². The molecule has 9 nitrogen and oxygen atoms in total. The first kappa shape index (κ1) is 24.7. The molecule has 2 aromatic carbocycles. The molecule has 2 aromatic rings. The SMILES string of the molecule is COCCN1C(=O)C(CC(=O)Nc2cc([N+](=O)[O-])ccc2Cl)SC1=Nc1cc(C)ccc1C. The van der Waals surface area contributed by atoms with Crippen LogP contribution in [0.3, 0.4) is 0 Å². The van der Waals surface area contributed by atoms with Gasteiger partial charge in [-0.15, -0.1) is 0 Å². The van der Waals surface area contributed by atoms with E-state index in [1.165, 1.54) is 34.9 Å². The lowest BCUT2D eigenvalue weighted by Crippen LogP contribution is -2.35. The quantitative estimate of drug-likeness (QED) is 0.431. The summed E-state index contributed by atoms with van der Waals surface area (Å²) in [4.78, 5) is 42.3. The summed E-state index contributed by atoms with van der Waals surface area (Å²) < 4.78 is 5.13. The highest BCUT2D eigenvalue weighted by atomic mass is 35.5. The van der Waals surface area contributed by atoms with Crippen molar-refractivity contribution in [1.29, 1.82) is 0 Å². The van der Waals surface area contributed by atoms with Crippen LogP contribution in [0.25, 0.3) is 0 Å². The summed E-state index contributed by atoms with van der Waals surface area (Å²) in [6.07, 6.45) is -0.141. The van der Waals surface area contributed by atoms with Crippen LogP contribution >= 0.6 is 23.4 Å². The van der Waals surface area contributed by atoms with E-state index in [4.69, 9.17) is 21.3 Å². The molecule has 11 heteroatoms. The molecule has 1 fully saturated rings. The summed E-state index contributed by atoms with van der Waals surface area (Å²) >= 11 is 7.27. The summed E-state index contributed by atoms with van der Waals surface area (Å²) in [5, 5.41) is 13.5. The van der Waals surface area contributed by atoms with Crippen LogP contribution in [-0.4, -0.2) is 52.3 Å². The Morgan fingerprint density at radius 2 is 2.06 bits per heavy atom. The first-order valence-corrected chi connectivity index (χ1v) is 11.3. The van der Waals surface area contributed by atoms with E-state index in [1.54, 1.807) is 7.11 Å². The van der Waals surface area contributed by atoms with Crippen molar-refractivity contribution in [2.45, 2.75) is 25.5 Å². The number of aryl methyl sites for hydroxylation is 2. The van der Waals surface area contributed by atoms with Crippen molar-refractivity contribution in [3.05, 3.63) is 62.7 Å². The van der Waals surface area contributed by atoms with Gasteiger partial charge in [0.25, 0.3) is 5.69 Å². The van der Waals surface area contributed by atoms with Crippen molar-refractivity contribution in [1.82, 2.24) is 4.90 Å². The average Bonchev–Trinajstić information content (AvgIpc) is 3.04. The number of carbonyl (C=O) groups is 2. The van der Waals surface area contributed by atoms with E-state index >= 15 is 0 Å². The summed E-state index contributed by atoms with van der Waals surface area (Å²) in [5.74, 6) is -0.732. The van der Waals surface area contributed by atoms with Crippen LogP contribution in [0, 0.1) is 24.0 Å². The number of carbonyl (C=O) groups excluding carboxylic acids is 2. The molecule has 0 aliphatic carbocycles. The number of anilines is 1. The Balaban J connectivity index is 1.79. The average molecular weight is 491 g/mol. The number of thioether (sulfide) groups is 1. The van der Waals surface area contributed by atoms with E-state index in [0.717, 1.165) is 16.8 Å². The molecule has 1 aliphatic heterocycles. The number of aliphatic imine (C=N–C) groups is 1. The minimum Gasteiger partial charge on any atom is -0.383 e. The molecule has 33 heavy (non-hydrogen) atoms. The van der Waals surface area contributed by atoms with E-state index in [9.17, 15) is 19.7 Å². The number of nitrogens with zero attached hydrogens (tertiary/aromatic N) is 3. The number of nitro groups is 1. The van der Waals surface area contributed by atoms with Crippen molar-refractivity contribution >= 4 is 57.4 Å². The molecule has 1 atom stereocenters. The number of hydrogen-bond donors (Lipinski definition) is 1. The first-order valence-electron chi connectivity index (χ1n) is 10.1. The second-order valence-corrected chi connectivity index (χ2v) is 9.02. The highest BCUT2D eigenvalue weighted by molar-refractivity contribution is 8.15. The fraction of sp³-hybridized carbons (Fsp3) is 0.318. The van der Waals surface area contributed by atoms with Crippen molar-refractivity contribution in [2.75, 3.05) is 25.6 Å². The van der Waals surface area contributed by atoms with Gasteiger partial charge in [0.2, 0.25) is 11.8 Å². The lowest BCUT2D eigenvalue weighted by Gasteiger charge is -2.16. The fourth-order valence-electron chi connectivity index (χ4n) is 3.15. The van der Waals surface area contributed by atoms with Gasteiger partial charge < -0.3 is 10.1 Å². The Bertz CT molecular complexity index is 1120. The molecule has 0 saturated carbocycles. The number of amides is 2. The molecule has 0 aromatic heterocycles. The van der Waals surface area contributed by atoms with Crippen molar-refractivity contribution in [3.63, 3.8) is 0 Å². The summed E-state index contributed by atoms with van der Waals surface area (Å²) in [6.45, 7) is 4.53. The Hall–Kier alpha value is -2.95. The van der Waals surface area contributed by atoms with Gasteiger partial charge in [0.05, 0.1) is 34.5 Å². The minimum atomic E-state index is -0.691. The number of nitrogens with one attached hydrogen (secondary N) is 1. The maximum Gasteiger partial charge on any atom is 0.271 e. The molecule has 1 saturated heterocycles. The molecule has 1 aliphatic rings. The Labute approximate surface area is 200 Å². The molecule has 3 rings (SSSR count). The fourth-order valence-corrected chi connectivity index (χ4v) is 4.49. The highest BCUT2D eigenvalue weighted by Crippen LogP contribution is 2.33. The van der Waals surface area contributed by atoms with Crippen LogP contribution < -0.4 is 5.32 Å². The zero-order valence-corrected chi connectivity index (χ0v) is 19.9. The largest absolute Gasteiger partial charge is 0.383 e. The third kappa shape index (κ3) is 6.10. The number of halogens is 1. The topological polar surface area (TPSA) is 114 Å². The molecular formula is C22H23ClN4O5S. The van der Waals surface area contributed by atoms with E-state index in [0.29, 0.717) is 18.3 Å². The molecular weight excluding hydrogens is 468 g/mol. The number of hydrogen-bond acceptors (Lipinski definition) is 7. The van der Waals surface area contributed by atoms with Crippen LogP contribution in [0.2, 0.25) is 5.02 Å². The van der Waals surface area contributed by atoms with Gasteiger partial charge in [-0.25, -0.2) is 4.99 Å². The standard InChI is InChI=1S/C22H23ClN4O5S/c1-13-4-5-14(2)17(10-13)25-22-26(8-9-32-3)21(29)19(33-22)12-20(28)24-18-11-15(27(30)31)6-7-16(18)23/h4-7,10-11,19H,8-9,12H2,1-3H3,(H,24,28). The Morgan fingerprint density at radius 3 is 2.76 bits per heavy atom. The normalized spacial score (nSPS) is 17.0. The van der Waals surface area contributed by atoms with E-state index in [1.807, 2.05) is 32.0 Å². The molecule has 174 valence electrons. The third-order valence-electron chi connectivity index (χ3n) is 4.93. The van der Waals surface area contributed by atoms with Gasteiger partial charge in [-0.1, -0.05) is 35.5 Å². The number of non-ortho nitro benzene ring substituents is 1. The minimum absolute atomic E-state index is 0.117. The van der Waals surface area contributed by atoms with E-state index in [-0.39, 0.29) is 28.7 Å². The highest BCUT2D eigenvalue weighted by Gasteiger charge is 2.39. The molecule has 1 unspecified atom stereocenters. The zero-order chi connectivity index (χ0) is 24.1. The second-order valence-electron chi connectivity index (χ2n) is 7.45. The first-order chi connectivity index (χ1) is 15.7. The summed E-state index contributed by atoms with van der Waals surface area (Å²) in [7, 11) is 1.54. The predicted octanol–water partition coefficient (Wildman–Crippen LogP) is 4.47. The van der Waals surface area contributed by atoms with Crippen LogP contribution in [0.15, 0.2) is 41.4 Å². The lowest BCUT2D eigenvalue weighted by molar-refractivity contribution is -0.384. The number of methoxy groups -OCH3 is 1. The Kier molecular flexibility index (Phi) is 8.06. The molecule has 2 amide bonds. The van der Waals surface area contributed by atoms with Crippen molar-refractivity contribution < 1.29 is 19.2 Å². The van der Waals surface area contributed by atoms with Gasteiger partial charge in [0, 0.05) is 25.7 Å². The molecule has 0 radical (unpaired) electrons.